The highest BCUT2D eigenvalue weighted by atomic mass is 28.4. The van der Waals surface area contributed by atoms with E-state index in [1.54, 1.807) is 0 Å². The number of carbonyl (C=O) groups is 1. The molecule has 22 heavy (non-hydrogen) atoms. The number of benzene rings is 1. The van der Waals surface area contributed by atoms with Crippen molar-refractivity contribution < 1.29 is 14.0 Å². The summed E-state index contributed by atoms with van der Waals surface area (Å²) in [6, 6.07) is 9.92. The smallest absolute Gasteiger partial charge is 0.191 e. The van der Waals surface area contributed by atoms with Gasteiger partial charge in [-0.15, -0.1) is 0 Å². The second kappa shape index (κ2) is 8.60. The molecule has 0 aliphatic heterocycles. The van der Waals surface area contributed by atoms with Crippen molar-refractivity contribution in [1.29, 1.82) is 0 Å². The van der Waals surface area contributed by atoms with Gasteiger partial charge in [0, 0.05) is 6.61 Å². The maximum Gasteiger partial charge on any atom is 0.191 e. The third-order valence-electron chi connectivity index (χ3n) is 4.36. The van der Waals surface area contributed by atoms with Crippen molar-refractivity contribution in [1.82, 2.24) is 0 Å². The van der Waals surface area contributed by atoms with Gasteiger partial charge >= 0.3 is 0 Å². The molecule has 0 unspecified atom stereocenters. The van der Waals surface area contributed by atoms with E-state index in [0.29, 0.717) is 19.6 Å². The van der Waals surface area contributed by atoms with Gasteiger partial charge in [0.1, 0.15) is 12.4 Å². The van der Waals surface area contributed by atoms with E-state index >= 15 is 0 Å². The van der Waals surface area contributed by atoms with Crippen LogP contribution in [0.5, 0.6) is 0 Å². The van der Waals surface area contributed by atoms with Crippen molar-refractivity contribution in [3.63, 3.8) is 0 Å². The topological polar surface area (TPSA) is 35.5 Å². The third-order valence-corrected chi connectivity index (χ3v) is 8.90. The van der Waals surface area contributed by atoms with E-state index in [2.05, 4.69) is 33.9 Å². The molecule has 0 fully saturated rings. The average Bonchev–Trinajstić information content (AvgIpc) is 2.46. The Hall–Kier alpha value is -0.973. The fourth-order valence-electron chi connectivity index (χ4n) is 1.80. The van der Waals surface area contributed by atoms with E-state index < -0.39 is 8.32 Å². The second-order valence-electron chi connectivity index (χ2n) is 7.22. The molecule has 0 radical (unpaired) electrons. The van der Waals surface area contributed by atoms with Gasteiger partial charge in [0.05, 0.1) is 6.61 Å². The van der Waals surface area contributed by atoms with Crippen LogP contribution in [-0.4, -0.2) is 27.3 Å². The van der Waals surface area contributed by atoms with Crippen LogP contribution in [0.2, 0.25) is 18.1 Å². The summed E-state index contributed by atoms with van der Waals surface area (Å²) in [6.45, 7) is 12.4. The van der Waals surface area contributed by atoms with Gasteiger partial charge in [-0.05, 0) is 36.5 Å². The first kappa shape index (κ1) is 19.1. The second-order valence-corrected chi connectivity index (χ2v) is 12.0. The zero-order chi connectivity index (χ0) is 16.6. The minimum Gasteiger partial charge on any atom is -0.417 e. The fraction of sp³-hybridized carbons (Fsp3) is 0.611. The minimum atomic E-state index is -1.69. The molecule has 0 aliphatic rings. The van der Waals surface area contributed by atoms with Crippen LogP contribution in [0.25, 0.3) is 0 Å². The lowest BCUT2D eigenvalue weighted by molar-refractivity contribution is -0.119. The number of hydrogen-bond acceptors (Lipinski definition) is 3. The highest BCUT2D eigenvalue weighted by Crippen LogP contribution is 2.36. The summed E-state index contributed by atoms with van der Waals surface area (Å²) in [6.07, 6.45) is 2.12. The fourth-order valence-corrected chi connectivity index (χ4v) is 2.88. The Kier molecular flexibility index (Phi) is 7.46. The third kappa shape index (κ3) is 6.42. The quantitative estimate of drug-likeness (QED) is 0.379. The Labute approximate surface area is 136 Å². The lowest BCUT2D eigenvalue weighted by Crippen LogP contribution is -2.41. The maximum absolute atomic E-state index is 11.1. The van der Waals surface area contributed by atoms with Crippen molar-refractivity contribution >= 4 is 14.6 Å². The van der Waals surface area contributed by atoms with Gasteiger partial charge in [-0.1, -0.05) is 51.1 Å². The molecule has 1 aromatic carbocycles. The molecule has 4 heteroatoms. The van der Waals surface area contributed by atoms with Crippen LogP contribution >= 0.6 is 0 Å². The molecule has 3 nitrogen and oxygen atoms in total. The summed E-state index contributed by atoms with van der Waals surface area (Å²) in [7, 11) is -1.69. The maximum atomic E-state index is 11.1. The SMILES string of the molecule is CC(C)(C)[Si](C)(C)OCCC[C@H](C=O)OCc1ccccc1. The van der Waals surface area contributed by atoms with Gasteiger partial charge in [0.2, 0.25) is 0 Å². The Morgan fingerprint density at radius 1 is 1.18 bits per heavy atom. The standard InChI is InChI=1S/C18H30O3Si/c1-18(2,3)22(4,5)21-13-9-12-17(14-19)20-15-16-10-7-6-8-11-16/h6-8,10-11,14,17H,9,12-13,15H2,1-5H3/t17-/m1/s1. The Balaban J connectivity index is 2.28. The van der Waals surface area contributed by atoms with Gasteiger partial charge in [-0.3, -0.25) is 0 Å². The van der Waals surface area contributed by atoms with Gasteiger partial charge in [0.25, 0.3) is 0 Å². The Morgan fingerprint density at radius 2 is 1.82 bits per heavy atom. The zero-order valence-corrected chi connectivity index (χ0v) is 15.6. The van der Waals surface area contributed by atoms with E-state index in [-0.39, 0.29) is 11.1 Å². The normalized spacial score (nSPS) is 13.9. The summed E-state index contributed by atoms with van der Waals surface area (Å²) in [5.41, 5.74) is 1.09. The van der Waals surface area contributed by atoms with E-state index in [0.717, 1.165) is 18.3 Å². The molecule has 1 aromatic rings. The van der Waals surface area contributed by atoms with E-state index in [9.17, 15) is 4.79 Å². The molecule has 0 N–H and O–H groups in total. The summed E-state index contributed by atoms with van der Waals surface area (Å²) in [5, 5.41) is 0.223. The van der Waals surface area contributed by atoms with E-state index in [1.807, 2.05) is 30.3 Å². The summed E-state index contributed by atoms with van der Waals surface area (Å²) >= 11 is 0. The van der Waals surface area contributed by atoms with Crippen molar-refractivity contribution in [2.24, 2.45) is 0 Å². The largest absolute Gasteiger partial charge is 0.417 e. The molecular weight excluding hydrogens is 292 g/mol. The molecule has 124 valence electrons. The van der Waals surface area contributed by atoms with Crippen molar-refractivity contribution in [2.45, 2.75) is 64.5 Å². The number of aldehydes is 1. The molecule has 0 amide bonds. The van der Waals surface area contributed by atoms with Crippen LogP contribution in [0.3, 0.4) is 0 Å². The number of ether oxygens (including phenoxy) is 1. The Morgan fingerprint density at radius 3 is 2.36 bits per heavy atom. The highest BCUT2D eigenvalue weighted by Gasteiger charge is 2.36. The minimum absolute atomic E-state index is 0.223. The first-order valence-electron chi connectivity index (χ1n) is 8.01. The van der Waals surface area contributed by atoms with Gasteiger partial charge in [-0.2, -0.15) is 0 Å². The lowest BCUT2D eigenvalue weighted by atomic mass is 10.2. The van der Waals surface area contributed by atoms with Crippen molar-refractivity contribution in [2.75, 3.05) is 6.61 Å². The molecule has 0 heterocycles. The van der Waals surface area contributed by atoms with Gasteiger partial charge < -0.3 is 14.0 Å². The van der Waals surface area contributed by atoms with Crippen LogP contribution in [0.1, 0.15) is 39.2 Å². The molecule has 0 saturated heterocycles. The molecule has 1 rings (SSSR count). The van der Waals surface area contributed by atoms with Crippen LogP contribution in [0.4, 0.5) is 0 Å². The predicted octanol–water partition coefficient (Wildman–Crippen LogP) is 4.57. The molecule has 0 aliphatic carbocycles. The summed E-state index contributed by atoms with van der Waals surface area (Å²) in [5.74, 6) is 0. The highest BCUT2D eigenvalue weighted by molar-refractivity contribution is 6.74. The summed E-state index contributed by atoms with van der Waals surface area (Å²) in [4.78, 5) is 11.1. The average molecular weight is 323 g/mol. The molecular formula is C18H30O3Si. The molecule has 0 bridgehead atoms. The number of rotatable bonds is 9. The van der Waals surface area contributed by atoms with Gasteiger partial charge in [-0.25, -0.2) is 0 Å². The zero-order valence-electron chi connectivity index (χ0n) is 14.6. The molecule has 0 aromatic heterocycles. The predicted molar refractivity (Wildman–Crippen MR) is 93.5 cm³/mol. The van der Waals surface area contributed by atoms with E-state index in [4.69, 9.17) is 9.16 Å². The molecule has 1 atom stereocenters. The number of hydrogen-bond donors (Lipinski definition) is 0. The van der Waals surface area contributed by atoms with Crippen LogP contribution in [0, 0.1) is 0 Å². The number of carbonyl (C=O) groups excluding carboxylic acids is 1. The molecule has 0 saturated carbocycles. The lowest BCUT2D eigenvalue weighted by Gasteiger charge is -2.36. The molecule has 0 spiro atoms. The van der Waals surface area contributed by atoms with E-state index in [1.165, 1.54) is 0 Å². The first-order chi connectivity index (χ1) is 10.3. The monoisotopic (exact) mass is 322 g/mol. The van der Waals surface area contributed by atoms with Crippen LogP contribution in [-0.2, 0) is 20.6 Å². The van der Waals surface area contributed by atoms with Gasteiger partial charge in [0.15, 0.2) is 8.32 Å². The van der Waals surface area contributed by atoms with Crippen LogP contribution in [0.15, 0.2) is 30.3 Å². The first-order valence-corrected chi connectivity index (χ1v) is 10.9. The summed E-state index contributed by atoms with van der Waals surface area (Å²) < 4.78 is 11.8. The Bertz CT molecular complexity index is 437. The van der Waals surface area contributed by atoms with Crippen molar-refractivity contribution in [3.05, 3.63) is 35.9 Å². The van der Waals surface area contributed by atoms with Crippen LogP contribution < -0.4 is 0 Å². The van der Waals surface area contributed by atoms with Crippen molar-refractivity contribution in [3.8, 4) is 0 Å².